The Hall–Kier alpha value is -0.700. The molecule has 1 fully saturated rings. The molecule has 8 heteroatoms. The normalized spacial score (nSPS) is 17.4. The van der Waals surface area contributed by atoms with E-state index in [-0.39, 0.29) is 4.47 Å². The number of hydrogen-bond donors (Lipinski definition) is 1. The zero-order valence-corrected chi connectivity index (χ0v) is 12.7. The van der Waals surface area contributed by atoms with E-state index in [4.69, 9.17) is 4.74 Å². The highest BCUT2D eigenvalue weighted by Gasteiger charge is 2.24. The number of aryl methyl sites for hydroxylation is 1. The number of rotatable bonds is 3. The zero-order valence-electron chi connectivity index (χ0n) is 10.3. The van der Waals surface area contributed by atoms with Gasteiger partial charge < -0.3 is 4.74 Å². The van der Waals surface area contributed by atoms with Gasteiger partial charge in [-0.2, -0.15) is 12.7 Å². The summed E-state index contributed by atoms with van der Waals surface area (Å²) in [7, 11) is -3.63. The van der Waals surface area contributed by atoms with Gasteiger partial charge in [0.05, 0.1) is 23.4 Å². The fraction of sp³-hybridized carbons (Fsp3) is 0.455. The number of nitrogens with zero attached hydrogens (tertiary/aromatic N) is 1. The molecule has 1 aliphatic rings. The van der Waals surface area contributed by atoms with Gasteiger partial charge >= 0.3 is 10.2 Å². The van der Waals surface area contributed by atoms with Crippen molar-refractivity contribution in [2.75, 3.05) is 31.0 Å². The smallest absolute Gasteiger partial charge is 0.301 e. The maximum atomic E-state index is 13.3. The first-order valence-corrected chi connectivity index (χ1v) is 7.95. The molecule has 0 aromatic heterocycles. The van der Waals surface area contributed by atoms with E-state index in [1.54, 1.807) is 6.92 Å². The Morgan fingerprint density at radius 3 is 2.63 bits per heavy atom. The summed E-state index contributed by atoms with van der Waals surface area (Å²) in [5.41, 5.74) is 0.886. The average molecular weight is 353 g/mol. The van der Waals surface area contributed by atoms with Gasteiger partial charge in [-0.3, -0.25) is 4.72 Å². The number of anilines is 1. The molecule has 2 rings (SSSR count). The Kier molecular flexibility index (Phi) is 4.44. The Morgan fingerprint density at radius 1 is 1.37 bits per heavy atom. The van der Waals surface area contributed by atoms with Crippen molar-refractivity contribution in [2.45, 2.75) is 6.92 Å². The molecule has 1 aromatic carbocycles. The average Bonchev–Trinajstić information content (AvgIpc) is 2.37. The highest BCUT2D eigenvalue weighted by atomic mass is 79.9. The van der Waals surface area contributed by atoms with Crippen LogP contribution in [0.2, 0.25) is 0 Å². The molecule has 0 amide bonds. The van der Waals surface area contributed by atoms with Gasteiger partial charge in [-0.15, -0.1) is 0 Å². The van der Waals surface area contributed by atoms with E-state index in [1.165, 1.54) is 16.4 Å². The monoisotopic (exact) mass is 352 g/mol. The van der Waals surface area contributed by atoms with Gasteiger partial charge in [0, 0.05) is 13.1 Å². The zero-order chi connectivity index (χ0) is 14.0. The molecule has 0 saturated carbocycles. The molecule has 0 aliphatic carbocycles. The number of hydrogen-bond acceptors (Lipinski definition) is 3. The second-order valence-electron chi connectivity index (χ2n) is 4.20. The van der Waals surface area contributed by atoms with E-state index in [0.717, 1.165) is 0 Å². The molecule has 19 heavy (non-hydrogen) atoms. The maximum Gasteiger partial charge on any atom is 0.301 e. The maximum absolute atomic E-state index is 13.3. The van der Waals surface area contributed by atoms with Crippen LogP contribution in [0.3, 0.4) is 0 Å². The molecular weight excluding hydrogens is 339 g/mol. The summed E-state index contributed by atoms with van der Waals surface area (Å²) in [6.07, 6.45) is 0. The first-order chi connectivity index (χ1) is 8.90. The number of benzene rings is 1. The fourth-order valence-electron chi connectivity index (χ4n) is 1.75. The van der Waals surface area contributed by atoms with Gasteiger partial charge in [0.1, 0.15) is 5.82 Å². The van der Waals surface area contributed by atoms with Gasteiger partial charge in [-0.1, -0.05) is 0 Å². The van der Waals surface area contributed by atoms with Crippen molar-refractivity contribution in [1.82, 2.24) is 4.31 Å². The topological polar surface area (TPSA) is 58.6 Å². The molecule has 106 valence electrons. The lowest BCUT2D eigenvalue weighted by molar-refractivity contribution is 0.0733. The van der Waals surface area contributed by atoms with Crippen LogP contribution in [0.5, 0.6) is 0 Å². The van der Waals surface area contributed by atoms with Crippen LogP contribution in [0, 0.1) is 12.7 Å². The quantitative estimate of drug-likeness (QED) is 0.903. The molecular formula is C11H14BrFN2O3S. The second kappa shape index (κ2) is 5.74. The molecule has 0 atom stereocenters. The molecule has 1 saturated heterocycles. The van der Waals surface area contributed by atoms with Crippen LogP contribution >= 0.6 is 15.9 Å². The van der Waals surface area contributed by atoms with Gasteiger partial charge in [0.2, 0.25) is 0 Å². The van der Waals surface area contributed by atoms with Gasteiger partial charge in [-0.05, 0) is 40.5 Å². The fourth-order valence-corrected chi connectivity index (χ4v) is 3.35. The van der Waals surface area contributed by atoms with Crippen molar-refractivity contribution in [3.05, 3.63) is 28.0 Å². The Labute approximate surface area is 120 Å². The molecule has 0 radical (unpaired) electrons. The van der Waals surface area contributed by atoms with Crippen LogP contribution in [0.1, 0.15) is 5.56 Å². The summed E-state index contributed by atoms with van der Waals surface area (Å²) in [6, 6.07) is 2.70. The van der Waals surface area contributed by atoms with E-state index in [2.05, 4.69) is 20.7 Å². The van der Waals surface area contributed by atoms with Gasteiger partial charge in [0.25, 0.3) is 0 Å². The minimum atomic E-state index is -3.63. The summed E-state index contributed by atoms with van der Waals surface area (Å²) < 4.78 is 46.7. The first kappa shape index (κ1) is 14.7. The summed E-state index contributed by atoms with van der Waals surface area (Å²) >= 11 is 3.04. The Bertz CT molecular complexity index is 574. The van der Waals surface area contributed by atoms with Crippen LogP contribution in [-0.4, -0.2) is 39.0 Å². The Balaban J connectivity index is 2.22. The van der Waals surface area contributed by atoms with Crippen molar-refractivity contribution in [2.24, 2.45) is 0 Å². The second-order valence-corrected chi connectivity index (χ2v) is 6.72. The Morgan fingerprint density at radius 2 is 2.00 bits per heavy atom. The molecule has 1 aromatic rings. The molecule has 1 aliphatic heterocycles. The molecule has 5 nitrogen and oxygen atoms in total. The third-order valence-electron chi connectivity index (χ3n) is 2.82. The van der Waals surface area contributed by atoms with Crippen LogP contribution in [-0.2, 0) is 14.9 Å². The SMILES string of the molecule is Cc1cc(F)c(Br)cc1NS(=O)(=O)N1CCOCC1. The minimum Gasteiger partial charge on any atom is -0.379 e. The largest absolute Gasteiger partial charge is 0.379 e. The van der Waals surface area contributed by atoms with Crippen LogP contribution in [0.25, 0.3) is 0 Å². The minimum absolute atomic E-state index is 0.220. The van der Waals surface area contributed by atoms with E-state index < -0.39 is 16.0 Å². The van der Waals surface area contributed by atoms with Crippen molar-refractivity contribution in [3.8, 4) is 0 Å². The van der Waals surface area contributed by atoms with E-state index in [0.29, 0.717) is 37.6 Å². The predicted molar refractivity (Wildman–Crippen MR) is 73.8 cm³/mol. The van der Waals surface area contributed by atoms with Crippen molar-refractivity contribution < 1.29 is 17.5 Å². The first-order valence-electron chi connectivity index (χ1n) is 5.71. The van der Waals surface area contributed by atoms with Gasteiger partial charge in [0.15, 0.2) is 0 Å². The molecule has 0 spiro atoms. The lowest BCUT2D eigenvalue weighted by Gasteiger charge is -2.26. The van der Waals surface area contributed by atoms with Crippen LogP contribution in [0.4, 0.5) is 10.1 Å². The number of morpholine rings is 1. The number of halogens is 2. The van der Waals surface area contributed by atoms with E-state index >= 15 is 0 Å². The summed E-state index contributed by atoms with van der Waals surface area (Å²) in [5.74, 6) is -0.424. The van der Waals surface area contributed by atoms with E-state index in [9.17, 15) is 12.8 Å². The van der Waals surface area contributed by atoms with Crippen LogP contribution < -0.4 is 4.72 Å². The van der Waals surface area contributed by atoms with Crippen LogP contribution in [0.15, 0.2) is 16.6 Å². The highest BCUT2D eigenvalue weighted by Crippen LogP contribution is 2.25. The third kappa shape index (κ3) is 3.44. The number of ether oxygens (including phenoxy) is 1. The highest BCUT2D eigenvalue weighted by molar-refractivity contribution is 9.10. The van der Waals surface area contributed by atoms with Crippen molar-refractivity contribution in [1.29, 1.82) is 0 Å². The number of nitrogens with one attached hydrogen (secondary N) is 1. The lowest BCUT2D eigenvalue weighted by Crippen LogP contribution is -2.43. The molecule has 0 bridgehead atoms. The molecule has 1 N–H and O–H groups in total. The molecule has 0 unspecified atom stereocenters. The van der Waals surface area contributed by atoms with Gasteiger partial charge in [-0.25, -0.2) is 4.39 Å². The molecule has 1 heterocycles. The van der Waals surface area contributed by atoms with Crippen molar-refractivity contribution in [3.63, 3.8) is 0 Å². The third-order valence-corrected chi connectivity index (χ3v) is 4.95. The summed E-state index contributed by atoms with van der Waals surface area (Å²) in [5, 5.41) is 0. The van der Waals surface area contributed by atoms with Crippen molar-refractivity contribution >= 4 is 31.8 Å². The standard InChI is InChI=1S/C11H14BrFN2O3S/c1-8-6-10(13)9(12)7-11(8)14-19(16,17)15-2-4-18-5-3-15/h6-7,14H,2-5H2,1H3. The summed E-state index contributed by atoms with van der Waals surface area (Å²) in [6.45, 7) is 3.04. The summed E-state index contributed by atoms with van der Waals surface area (Å²) in [4.78, 5) is 0. The predicted octanol–water partition coefficient (Wildman–Crippen LogP) is 1.89. The van der Waals surface area contributed by atoms with E-state index in [1.807, 2.05) is 0 Å². The lowest BCUT2D eigenvalue weighted by atomic mass is 10.2.